The van der Waals surface area contributed by atoms with E-state index in [9.17, 15) is 70.2 Å². The number of H-pyrrole nitrogens is 4. The fourth-order valence-corrected chi connectivity index (χ4v) is 12.2. The van der Waals surface area contributed by atoms with Crippen LogP contribution in [0.3, 0.4) is 0 Å². The quantitative estimate of drug-likeness (QED) is 0.0764. The van der Waals surface area contributed by atoms with Crippen molar-refractivity contribution in [3.8, 4) is 148 Å². The third-order valence-electron chi connectivity index (χ3n) is 17.2. The molecule has 0 aliphatic rings. The summed E-state index contributed by atoms with van der Waals surface area (Å²) in [5.41, 5.74) is 8.22. The number of nitrogens with one attached hydrogen (secondary N) is 4. The molecule has 0 unspecified atom stereocenters. The number of rotatable bonds is 14. The molecular weight excluding hydrogens is 1590 g/mol. The summed E-state index contributed by atoms with van der Waals surface area (Å²) in [6, 6.07) is 54.7. The van der Waals surface area contributed by atoms with E-state index in [1.165, 1.54) is 97.1 Å². The Balaban J connectivity index is 0.000000135. The van der Waals surface area contributed by atoms with Crippen molar-refractivity contribution >= 4 is 23.2 Å². The first-order valence-corrected chi connectivity index (χ1v) is 34.9. The minimum atomic E-state index is -4.86. The van der Waals surface area contributed by atoms with Crippen molar-refractivity contribution in [3.63, 3.8) is 0 Å². The summed E-state index contributed by atoms with van der Waals surface area (Å²) in [5.74, 6) is 2.30. The molecule has 16 rings (SSSR count). The average Bonchev–Trinajstić information content (AvgIpc) is 1.65. The number of ether oxygens (including phenoxy) is 2. The Morgan fingerprint density at radius 2 is 0.586 bits per heavy atom. The minimum Gasteiger partial charge on any atom is -0.453 e. The second-order valence-electron chi connectivity index (χ2n) is 25.5. The van der Waals surface area contributed by atoms with Crippen LogP contribution in [0.15, 0.2) is 248 Å². The number of hydrogen-bond donors (Lipinski definition) is 4. The van der Waals surface area contributed by atoms with Gasteiger partial charge in [-0.3, -0.25) is 0 Å². The average molecular weight is 1650 g/mol. The SMILES string of the molecule is Cc1[nH]c(-c2ccc(-c3ccc(Cl)c(C(F)(F)F)c3)o2)nc1-c1ccc(F)cc1.Cc1[nH]c(-c2ccc(-c3ccc(Cl)c(OC(F)(F)F)c3)o2)nc1-c1ccc(F)cc1.Cc1[nH]c(-c2ccc(-c3cccc(C(F)(F)F)c3)o2)nc1-c1ccc(F)cc1.Cc1[nH]c(-c2ccc(-c3cccc(OC(F)(F)F)c3)o2)nc1-c1ccc(F)cc1. The number of hydrogen-bond acceptors (Lipinski definition) is 10. The molecular formula is C84H54Cl2F16N8O6. The molecule has 14 nitrogen and oxygen atoms in total. The summed E-state index contributed by atoms with van der Waals surface area (Å²) < 4.78 is 236. The Labute approximate surface area is 656 Å². The summed E-state index contributed by atoms with van der Waals surface area (Å²) in [4.78, 5) is 30.4. The Kier molecular flexibility index (Phi) is 23.0. The number of benzene rings is 8. The molecule has 0 saturated heterocycles. The molecule has 0 aliphatic carbocycles. The van der Waals surface area contributed by atoms with Gasteiger partial charge in [0.2, 0.25) is 0 Å². The van der Waals surface area contributed by atoms with Crippen LogP contribution in [-0.2, 0) is 12.4 Å². The smallest absolute Gasteiger partial charge is 0.453 e. The zero-order chi connectivity index (χ0) is 82.7. The van der Waals surface area contributed by atoms with E-state index in [4.69, 9.17) is 40.9 Å². The summed E-state index contributed by atoms with van der Waals surface area (Å²) >= 11 is 11.5. The number of aryl methyl sites for hydroxylation is 4. The largest absolute Gasteiger partial charge is 0.573 e. The van der Waals surface area contributed by atoms with Crippen molar-refractivity contribution in [3.05, 3.63) is 298 Å². The van der Waals surface area contributed by atoms with Gasteiger partial charge in [-0.15, -0.1) is 26.3 Å². The number of aromatic nitrogens is 8. The molecule has 8 aromatic heterocycles. The van der Waals surface area contributed by atoms with Gasteiger partial charge in [0, 0.05) is 67.3 Å². The van der Waals surface area contributed by atoms with Crippen molar-refractivity contribution in [1.29, 1.82) is 0 Å². The van der Waals surface area contributed by atoms with E-state index in [2.05, 4.69) is 49.3 Å². The van der Waals surface area contributed by atoms with Crippen molar-refractivity contribution in [2.75, 3.05) is 0 Å². The van der Waals surface area contributed by atoms with E-state index in [1.54, 1.807) is 109 Å². The van der Waals surface area contributed by atoms with Gasteiger partial charge in [-0.05, 0) is 234 Å². The van der Waals surface area contributed by atoms with Crippen LogP contribution >= 0.6 is 23.2 Å². The summed E-state index contributed by atoms with van der Waals surface area (Å²) in [7, 11) is 0. The van der Waals surface area contributed by atoms with Gasteiger partial charge in [-0.1, -0.05) is 47.5 Å². The van der Waals surface area contributed by atoms with Gasteiger partial charge in [-0.25, -0.2) is 37.5 Å². The maximum atomic E-state index is 13.2. The van der Waals surface area contributed by atoms with Crippen molar-refractivity contribution in [2.24, 2.45) is 0 Å². The number of furan rings is 4. The second-order valence-corrected chi connectivity index (χ2v) is 26.3. The van der Waals surface area contributed by atoms with Gasteiger partial charge >= 0.3 is 25.1 Å². The molecule has 16 aromatic rings. The molecule has 32 heteroatoms. The first kappa shape index (κ1) is 80.8. The van der Waals surface area contributed by atoms with Gasteiger partial charge in [0.25, 0.3) is 0 Å². The molecule has 4 N–H and O–H groups in total. The van der Waals surface area contributed by atoms with Gasteiger partial charge in [0.1, 0.15) is 57.8 Å². The highest BCUT2D eigenvalue weighted by Gasteiger charge is 2.36. The van der Waals surface area contributed by atoms with Crippen molar-refractivity contribution in [2.45, 2.75) is 52.8 Å². The highest BCUT2D eigenvalue weighted by Crippen LogP contribution is 2.42. The van der Waals surface area contributed by atoms with Crippen LogP contribution in [0.4, 0.5) is 70.2 Å². The number of alkyl halides is 12. The third-order valence-corrected chi connectivity index (χ3v) is 17.8. The van der Waals surface area contributed by atoms with Crippen LogP contribution in [0.2, 0.25) is 10.0 Å². The number of aromatic amines is 4. The monoisotopic (exact) mass is 1640 g/mol. The Hall–Kier alpha value is -13.2. The molecule has 0 amide bonds. The Bertz CT molecular complexity index is 6130. The summed E-state index contributed by atoms with van der Waals surface area (Å²) in [6.07, 6.45) is -18.6. The summed E-state index contributed by atoms with van der Waals surface area (Å²) in [5, 5.41) is -0.549. The lowest BCUT2D eigenvalue weighted by atomic mass is 10.1. The Morgan fingerprint density at radius 3 is 0.914 bits per heavy atom. The van der Waals surface area contributed by atoms with E-state index >= 15 is 0 Å². The molecule has 8 heterocycles. The van der Waals surface area contributed by atoms with Gasteiger partial charge in [-0.2, -0.15) is 26.3 Å². The van der Waals surface area contributed by atoms with E-state index < -0.39 is 42.0 Å². The number of halogens is 18. The van der Waals surface area contributed by atoms with Crippen LogP contribution in [-0.4, -0.2) is 52.6 Å². The van der Waals surface area contributed by atoms with Gasteiger partial charge < -0.3 is 47.1 Å². The van der Waals surface area contributed by atoms with E-state index in [0.29, 0.717) is 103 Å². The predicted octanol–water partition coefficient (Wildman–Crippen LogP) is 26.9. The highest BCUT2D eigenvalue weighted by atomic mass is 35.5. The molecule has 0 fully saturated rings. The minimum absolute atomic E-state index is 0.173. The molecule has 0 radical (unpaired) electrons. The Morgan fingerprint density at radius 1 is 0.293 bits per heavy atom. The first-order valence-electron chi connectivity index (χ1n) is 34.2. The normalized spacial score (nSPS) is 11.7. The molecule has 8 aromatic carbocycles. The molecule has 0 aliphatic heterocycles. The summed E-state index contributed by atoms with van der Waals surface area (Å²) in [6.45, 7) is 7.29. The molecule has 0 bridgehead atoms. The maximum absolute atomic E-state index is 13.2. The predicted molar refractivity (Wildman–Crippen MR) is 401 cm³/mol. The lowest BCUT2D eigenvalue weighted by Gasteiger charge is -2.11. The molecule has 0 atom stereocenters. The van der Waals surface area contributed by atoms with E-state index in [0.717, 1.165) is 69.3 Å². The van der Waals surface area contributed by atoms with Crippen molar-refractivity contribution < 1.29 is 97.4 Å². The molecule has 0 spiro atoms. The number of imidazole rings is 4. The lowest BCUT2D eigenvalue weighted by molar-refractivity contribution is -0.275. The second kappa shape index (κ2) is 33.1. The third kappa shape index (κ3) is 19.5. The van der Waals surface area contributed by atoms with Crippen LogP contribution in [0.5, 0.6) is 11.5 Å². The van der Waals surface area contributed by atoms with Crippen LogP contribution in [0.25, 0.3) is 137 Å². The molecule has 0 saturated carbocycles. The van der Waals surface area contributed by atoms with E-state index in [-0.39, 0.29) is 50.4 Å². The van der Waals surface area contributed by atoms with E-state index in [1.807, 2.05) is 27.7 Å². The fraction of sp³-hybridized carbons (Fsp3) is 0.0952. The highest BCUT2D eigenvalue weighted by molar-refractivity contribution is 6.32. The zero-order valence-corrected chi connectivity index (χ0v) is 61.5. The van der Waals surface area contributed by atoms with Gasteiger partial charge in [0.15, 0.2) is 46.3 Å². The lowest BCUT2D eigenvalue weighted by Crippen LogP contribution is -2.17. The topological polar surface area (TPSA) is 186 Å². The number of nitrogens with zero attached hydrogens (tertiary/aromatic N) is 4. The zero-order valence-electron chi connectivity index (χ0n) is 60.0. The van der Waals surface area contributed by atoms with Crippen molar-refractivity contribution in [1.82, 2.24) is 39.9 Å². The van der Waals surface area contributed by atoms with Crippen LogP contribution in [0, 0.1) is 51.0 Å². The van der Waals surface area contributed by atoms with Crippen LogP contribution < -0.4 is 9.47 Å². The standard InChI is InChI=1S/C21H13ClF4N2O2.C21H13ClF4N2O.C21H14F4N2O2.C21H14F4N2O/c1-11-19(12-2-5-14(23)6-3-12)28-20(27-11)17-9-8-16(29-17)13-4-7-15(22)18(10-13)30-21(24,25)26;1-11-19(12-2-5-14(23)6-3-12)28-20(27-11)18-9-8-17(29-18)13-4-7-16(22)15(10-13)21(24,25)26;1-12-19(13-5-7-15(22)8-6-13)27-20(26-12)18-10-9-17(28-18)14-3-2-4-16(11-14)29-21(23,24)25;1-12-19(13-5-7-16(22)8-6-13)27-20(26-12)18-10-9-17(28-18)14-3-2-4-15(11-14)21(23,24)25/h2-10H,1H3,(H,27,28);2-10H,1H3,(H,27,28);2-11H,1H3,(H,26,27);2-11H,1H3,(H,26,27). The fourth-order valence-electron chi connectivity index (χ4n) is 11.8. The molecule has 592 valence electrons. The first-order chi connectivity index (χ1) is 55.0. The van der Waals surface area contributed by atoms with Crippen LogP contribution in [0.1, 0.15) is 33.9 Å². The van der Waals surface area contributed by atoms with Gasteiger partial charge in [0.05, 0.1) is 43.9 Å². The maximum Gasteiger partial charge on any atom is 0.573 e. The molecule has 116 heavy (non-hydrogen) atoms.